The Morgan fingerprint density at radius 2 is 1.76 bits per heavy atom. The first kappa shape index (κ1) is 15.0. The van der Waals surface area contributed by atoms with Crippen molar-refractivity contribution in [2.24, 2.45) is 0 Å². The highest BCUT2D eigenvalue weighted by Crippen LogP contribution is 2.32. The summed E-state index contributed by atoms with van der Waals surface area (Å²) in [4.78, 5) is 2.81. The molecule has 17 heavy (non-hydrogen) atoms. The van der Waals surface area contributed by atoms with E-state index in [4.69, 9.17) is 11.6 Å². The van der Waals surface area contributed by atoms with Crippen LogP contribution >= 0.6 is 22.9 Å². The molecule has 98 valence electrons. The lowest BCUT2D eigenvalue weighted by molar-refractivity contribution is 0.586. The first-order valence-corrected chi connectivity index (χ1v) is 8.25. The highest BCUT2D eigenvalue weighted by atomic mass is 35.5. The molecule has 0 fully saturated rings. The Morgan fingerprint density at radius 1 is 1.06 bits per heavy atom. The van der Waals surface area contributed by atoms with Gasteiger partial charge in [-0.2, -0.15) is 0 Å². The molecule has 1 unspecified atom stereocenters. The smallest absolute Gasteiger partial charge is 0.0678 e. The minimum absolute atomic E-state index is 0.242. The van der Waals surface area contributed by atoms with Crippen LogP contribution in [0, 0.1) is 0 Å². The molecule has 1 rings (SSSR count). The summed E-state index contributed by atoms with van der Waals surface area (Å²) < 4.78 is 0. The molecule has 0 bridgehead atoms. The molecule has 1 heterocycles. The van der Waals surface area contributed by atoms with E-state index in [-0.39, 0.29) is 5.38 Å². The van der Waals surface area contributed by atoms with Gasteiger partial charge in [-0.25, -0.2) is 0 Å². The van der Waals surface area contributed by atoms with Gasteiger partial charge in [0.1, 0.15) is 0 Å². The van der Waals surface area contributed by atoms with Crippen LogP contribution in [0.3, 0.4) is 0 Å². The lowest BCUT2D eigenvalue weighted by atomic mass is 10.1. The number of thiophene rings is 1. The zero-order valence-corrected chi connectivity index (χ0v) is 12.7. The fourth-order valence-corrected chi connectivity index (χ4v) is 3.32. The maximum Gasteiger partial charge on any atom is 0.0678 e. The van der Waals surface area contributed by atoms with Crippen LogP contribution in [0.15, 0.2) is 12.1 Å². The van der Waals surface area contributed by atoms with Gasteiger partial charge in [0, 0.05) is 9.75 Å². The summed E-state index contributed by atoms with van der Waals surface area (Å²) in [6.07, 6.45) is 10.4. The van der Waals surface area contributed by atoms with Crippen molar-refractivity contribution in [2.75, 3.05) is 0 Å². The summed E-state index contributed by atoms with van der Waals surface area (Å²) in [5, 5.41) is 0.242. The van der Waals surface area contributed by atoms with Crippen LogP contribution in [-0.4, -0.2) is 0 Å². The Kier molecular flexibility index (Phi) is 7.96. The van der Waals surface area contributed by atoms with Crippen LogP contribution in [0.25, 0.3) is 0 Å². The maximum absolute atomic E-state index is 6.43. The summed E-state index contributed by atoms with van der Waals surface area (Å²) in [6.45, 7) is 4.46. The molecule has 0 saturated heterocycles. The monoisotopic (exact) mass is 272 g/mol. The third-order valence-electron chi connectivity index (χ3n) is 3.15. The van der Waals surface area contributed by atoms with E-state index in [2.05, 4.69) is 26.0 Å². The second kappa shape index (κ2) is 8.99. The van der Waals surface area contributed by atoms with Gasteiger partial charge in [0.25, 0.3) is 0 Å². The molecule has 0 aliphatic rings. The zero-order valence-electron chi connectivity index (χ0n) is 11.2. The zero-order chi connectivity index (χ0) is 12.5. The second-order valence-corrected chi connectivity index (χ2v) is 6.41. The van der Waals surface area contributed by atoms with Crippen LogP contribution in [0.5, 0.6) is 0 Å². The number of hydrogen-bond donors (Lipinski definition) is 0. The predicted octanol–water partition coefficient (Wildman–Crippen LogP) is 6.34. The van der Waals surface area contributed by atoms with Crippen LogP contribution in [-0.2, 0) is 6.42 Å². The quantitative estimate of drug-likeness (QED) is 0.363. The van der Waals surface area contributed by atoms with E-state index in [1.165, 1.54) is 48.3 Å². The van der Waals surface area contributed by atoms with Crippen molar-refractivity contribution in [3.63, 3.8) is 0 Å². The van der Waals surface area contributed by atoms with Crippen molar-refractivity contribution in [3.05, 3.63) is 21.9 Å². The lowest BCUT2D eigenvalue weighted by Gasteiger charge is -2.06. The van der Waals surface area contributed by atoms with Crippen molar-refractivity contribution in [3.8, 4) is 0 Å². The molecule has 0 saturated carbocycles. The van der Waals surface area contributed by atoms with E-state index >= 15 is 0 Å². The Bertz CT molecular complexity index is 293. The number of aryl methyl sites for hydroxylation is 1. The predicted molar refractivity (Wildman–Crippen MR) is 80.3 cm³/mol. The van der Waals surface area contributed by atoms with Gasteiger partial charge in [-0.05, 0) is 25.0 Å². The standard InChI is InChI=1S/C15H25ClS/c1-3-5-6-7-8-9-10-14(16)15-12-11-13(4-2)17-15/h11-12,14H,3-10H2,1-2H3. The molecular formula is C15H25ClS. The van der Waals surface area contributed by atoms with E-state index in [1.54, 1.807) is 0 Å². The number of alkyl halides is 1. The van der Waals surface area contributed by atoms with Crippen molar-refractivity contribution >= 4 is 22.9 Å². The van der Waals surface area contributed by atoms with Gasteiger partial charge in [0.15, 0.2) is 0 Å². The molecule has 0 radical (unpaired) electrons. The number of hydrogen-bond acceptors (Lipinski definition) is 1. The third-order valence-corrected chi connectivity index (χ3v) is 5.08. The average molecular weight is 273 g/mol. The molecule has 0 amide bonds. The number of rotatable bonds is 9. The molecule has 0 N–H and O–H groups in total. The largest absolute Gasteiger partial charge is 0.144 e. The van der Waals surface area contributed by atoms with Crippen molar-refractivity contribution in [1.82, 2.24) is 0 Å². The Morgan fingerprint density at radius 3 is 2.41 bits per heavy atom. The summed E-state index contributed by atoms with van der Waals surface area (Å²) in [5.41, 5.74) is 0. The van der Waals surface area contributed by atoms with E-state index < -0.39 is 0 Å². The van der Waals surface area contributed by atoms with E-state index in [9.17, 15) is 0 Å². The summed E-state index contributed by atoms with van der Waals surface area (Å²) in [5.74, 6) is 0. The summed E-state index contributed by atoms with van der Waals surface area (Å²) in [6, 6.07) is 4.43. The van der Waals surface area contributed by atoms with Gasteiger partial charge < -0.3 is 0 Å². The highest BCUT2D eigenvalue weighted by molar-refractivity contribution is 7.12. The molecule has 1 atom stereocenters. The van der Waals surface area contributed by atoms with Crippen LogP contribution in [0.4, 0.5) is 0 Å². The molecule has 1 aromatic heterocycles. The fraction of sp³-hybridized carbons (Fsp3) is 0.733. The normalized spacial score (nSPS) is 12.9. The molecular weight excluding hydrogens is 248 g/mol. The molecule has 2 heteroatoms. The van der Waals surface area contributed by atoms with E-state index in [1.807, 2.05) is 11.3 Å². The Labute approximate surface area is 115 Å². The fourth-order valence-electron chi connectivity index (χ4n) is 2.00. The topological polar surface area (TPSA) is 0 Å². The van der Waals surface area contributed by atoms with Gasteiger partial charge in [-0.15, -0.1) is 22.9 Å². The molecule has 1 aromatic rings. The SMILES string of the molecule is CCCCCCCCC(Cl)c1ccc(CC)s1. The minimum atomic E-state index is 0.242. The van der Waals surface area contributed by atoms with Gasteiger partial charge in [-0.3, -0.25) is 0 Å². The second-order valence-electron chi connectivity index (χ2n) is 4.68. The molecule has 0 aromatic carbocycles. The van der Waals surface area contributed by atoms with Gasteiger partial charge in [0.2, 0.25) is 0 Å². The average Bonchev–Trinajstić information content (AvgIpc) is 2.82. The van der Waals surface area contributed by atoms with E-state index in [0.29, 0.717) is 0 Å². The summed E-state index contributed by atoms with van der Waals surface area (Å²) >= 11 is 8.31. The molecule has 0 aliphatic heterocycles. The van der Waals surface area contributed by atoms with Crippen molar-refractivity contribution in [2.45, 2.75) is 70.6 Å². The number of halogens is 1. The molecule has 0 spiro atoms. The van der Waals surface area contributed by atoms with E-state index in [0.717, 1.165) is 12.8 Å². The first-order valence-electron chi connectivity index (χ1n) is 7.00. The molecule has 0 nitrogen and oxygen atoms in total. The van der Waals surface area contributed by atoms with Crippen LogP contribution in [0.1, 0.15) is 73.9 Å². The molecule has 0 aliphatic carbocycles. The maximum atomic E-state index is 6.43. The minimum Gasteiger partial charge on any atom is -0.144 e. The van der Waals surface area contributed by atoms with Crippen molar-refractivity contribution in [1.29, 1.82) is 0 Å². The first-order chi connectivity index (χ1) is 8.27. The van der Waals surface area contributed by atoms with Crippen molar-refractivity contribution < 1.29 is 0 Å². The highest BCUT2D eigenvalue weighted by Gasteiger charge is 2.09. The third kappa shape index (κ3) is 5.92. The van der Waals surface area contributed by atoms with Gasteiger partial charge >= 0.3 is 0 Å². The number of unbranched alkanes of at least 4 members (excludes halogenated alkanes) is 5. The summed E-state index contributed by atoms with van der Waals surface area (Å²) in [7, 11) is 0. The van der Waals surface area contributed by atoms with Crippen LogP contribution in [0.2, 0.25) is 0 Å². The van der Waals surface area contributed by atoms with Crippen LogP contribution < -0.4 is 0 Å². The van der Waals surface area contributed by atoms with Gasteiger partial charge in [-0.1, -0.05) is 52.4 Å². The Balaban J connectivity index is 2.14. The lowest BCUT2D eigenvalue weighted by Crippen LogP contribution is -1.87. The Hall–Kier alpha value is -0.0100. The van der Waals surface area contributed by atoms with Gasteiger partial charge in [0.05, 0.1) is 5.38 Å².